The second-order valence-electron chi connectivity index (χ2n) is 4.19. The van der Waals surface area contributed by atoms with Crippen molar-refractivity contribution in [3.8, 4) is 0 Å². The zero-order valence-electron chi connectivity index (χ0n) is 9.91. The number of hydrogen-bond donors (Lipinski definition) is 2. The van der Waals surface area contributed by atoms with E-state index in [9.17, 15) is 18.4 Å². The summed E-state index contributed by atoms with van der Waals surface area (Å²) in [7, 11) is 0. The molecule has 4 nitrogen and oxygen atoms in total. The van der Waals surface area contributed by atoms with Crippen molar-refractivity contribution in [1.82, 2.24) is 5.32 Å². The molecule has 0 aliphatic heterocycles. The summed E-state index contributed by atoms with van der Waals surface area (Å²) in [4.78, 5) is 22.5. The van der Waals surface area contributed by atoms with E-state index in [4.69, 9.17) is 5.11 Å². The molecule has 0 fully saturated rings. The number of rotatable bonds is 4. The molecule has 0 heterocycles. The number of hydrogen-bond acceptors (Lipinski definition) is 2. The van der Waals surface area contributed by atoms with Crippen molar-refractivity contribution in [3.05, 3.63) is 35.4 Å². The van der Waals surface area contributed by atoms with Gasteiger partial charge in [0.25, 0.3) is 5.91 Å². The molecule has 1 aromatic rings. The van der Waals surface area contributed by atoms with E-state index in [0.29, 0.717) is 6.07 Å². The Morgan fingerprint density at radius 1 is 1.17 bits per heavy atom. The SMILES string of the molecule is CC(C)[C@H](NC(=O)c1cc(F)cc(F)c1)C(=O)O. The van der Waals surface area contributed by atoms with Crippen molar-refractivity contribution in [2.45, 2.75) is 19.9 Å². The number of carbonyl (C=O) groups is 2. The fourth-order valence-corrected chi connectivity index (χ4v) is 1.42. The summed E-state index contributed by atoms with van der Waals surface area (Å²) >= 11 is 0. The largest absolute Gasteiger partial charge is 0.480 e. The Balaban J connectivity index is 2.90. The van der Waals surface area contributed by atoms with Crippen molar-refractivity contribution >= 4 is 11.9 Å². The zero-order chi connectivity index (χ0) is 13.9. The topological polar surface area (TPSA) is 66.4 Å². The lowest BCUT2D eigenvalue weighted by atomic mass is 10.0. The average molecular weight is 257 g/mol. The van der Waals surface area contributed by atoms with Crippen molar-refractivity contribution < 1.29 is 23.5 Å². The molecule has 0 aliphatic carbocycles. The number of carboxylic acid groups (broad SMARTS) is 1. The van der Waals surface area contributed by atoms with Crippen LogP contribution < -0.4 is 5.32 Å². The maximum atomic E-state index is 12.9. The molecule has 18 heavy (non-hydrogen) atoms. The second-order valence-corrected chi connectivity index (χ2v) is 4.19. The molecule has 0 aromatic heterocycles. The predicted octanol–water partition coefficient (Wildman–Crippen LogP) is 1.80. The Morgan fingerprint density at radius 3 is 2.06 bits per heavy atom. The van der Waals surface area contributed by atoms with Crippen LogP contribution >= 0.6 is 0 Å². The van der Waals surface area contributed by atoms with Crippen molar-refractivity contribution in [2.75, 3.05) is 0 Å². The first kappa shape index (κ1) is 14.1. The van der Waals surface area contributed by atoms with Gasteiger partial charge in [-0.25, -0.2) is 13.6 Å². The third-order valence-corrected chi connectivity index (χ3v) is 2.34. The fraction of sp³-hybridized carbons (Fsp3) is 0.333. The van der Waals surface area contributed by atoms with Gasteiger partial charge in [-0.2, -0.15) is 0 Å². The number of nitrogens with one attached hydrogen (secondary N) is 1. The molecule has 0 unspecified atom stereocenters. The number of halogens is 2. The highest BCUT2D eigenvalue weighted by atomic mass is 19.1. The molecule has 1 aromatic carbocycles. The molecule has 98 valence electrons. The van der Waals surface area contributed by atoms with E-state index in [1.807, 2.05) is 0 Å². The first-order chi connectivity index (χ1) is 8.31. The lowest BCUT2D eigenvalue weighted by molar-refractivity contribution is -0.140. The Labute approximate surface area is 103 Å². The molecular weight excluding hydrogens is 244 g/mol. The highest BCUT2D eigenvalue weighted by Crippen LogP contribution is 2.09. The van der Waals surface area contributed by atoms with Gasteiger partial charge in [0.1, 0.15) is 17.7 Å². The molecule has 0 aliphatic rings. The number of benzene rings is 1. The number of carbonyl (C=O) groups excluding carboxylic acids is 1. The van der Waals surface area contributed by atoms with Crippen LogP contribution in [0.3, 0.4) is 0 Å². The summed E-state index contributed by atoms with van der Waals surface area (Å²) in [5.41, 5.74) is -0.251. The molecule has 0 spiro atoms. The van der Waals surface area contributed by atoms with Gasteiger partial charge in [-0.1, -0.05) is 13.8 Å². The van der Waals surface area contributed by atoms with E-state index in [0.717, 1.165) is 12.1 Å². The second kappa shape index (κ2) is 5.57. The summed E-state index contributed by atoms with van der Waals surface area (Å²) in [5.74, 6) is -4.15. The predicted molar refractivity (Wildman–Crippen MR) is 60.1 cm³/mol. The molecule has 1 atom stereocenters. The van der Waals surface area contributed by atoms with Gasteiger partial charge in [0.15, 0.2) is 0 Å². The summed E-state index contributed by atoms with van der Waals surface area (Å²) in [6.45, 7) is 3.23. The molecule has 0 saturated heterocycles. The van der Waals surface area contributed by atoms with Crippen LogP contribution in [0, 0.1) is 17.6 Å². The molecule has 0 bridgehead atoms. The maximum absolute atomic E-state index is 12.9. The lowest BCUT2D eigenvalue weighted by Gasteiger charge is -2.17. The average Bonchev–Trinajstić information content (AvgIpc) is 2.23. The van der Waals surface area contributed by atoms with E-state index in [2.05, 4.69) is 5.32 Å². The van der Waals surface area contributed by atoms with Gasteiger partial charge >= 0.3 is 5.97 Å². The Hall–Kier alpha value is -1.98. The normalized spacial score (nSPS) is 12.3. The molecule has 1 amide bonds. The third kappa shape index (κ3) is 3.51. The quantitative estimate of drug-likeness (QED) is 0.864. The van der Waals surface area contributed by atoms with Gasteiger partial charge < -0.3 is 10.4 Å². The standard InChI is InChI=1S/C12H13F2NO3/c1-6(2)10(12(17)18)15-11(16)7-3-8(13)5-9(14)4-7/h3-6,10H,1-2H3,(H,15,16)(H,17,18)/t10-/m0/s1. The molecule has 6 heteroatoms. The van der Waals surface area contributed by atoms with Crippen molar-refractivity contribution in [1.29, 1.82) is 0 Å². The fourth-order valence-electron chi connectivity index (χ4n) is 1.42. The summed E-state index contributed by atoms with van der Waals surface area (Å²) in [6.07, 6.45) is 0. The van der Waals surface area contributed by atoms with E-state index >= 15 is 0 Å². The highest BCUT2D eigenvalue weighted by molar-refractivity contribution is 5.96. The maximum Gasteiger partial charge on any atom is 0.326 e. The van der Waals surface area contributed by atoms with Crippen LogP contribution in [0.25, 0.3) is 0 Å². The molecule has 0 radical (unpaired) electrons. The number of aliphatic carboxylic acids is 1. The van der Waals surface area contributed by atoms with Crippen LogP contribution in [-0.4, -0.2) is 23.0 Å². The van der Waals surface area contributed by atoms with E-state index in [-0.39, 0.29) is 11.5 Å². The summed E-state index contributed by atoms with van der Waals surface area (Å²) in [5, 5.41) is 11.1. The van der Waals surface area contributed by atoms with Gasteiger partial charge in [-0.15, -0.1) is 0 Å². The number of carboxylic acids is 1. The first-order valence-electron chi connectivity index (χ1n) is 5.31. The van der Waals surface area contributed by atoms with Crippen molar-refractivity contribution in [2.24, 2.45) is 5.92 Å². The van der Waals surface area contributed by atoms with Crippen molar-refractivity contribution in [3.63, 3.8) is 0 Å². The Morgan fingerprint density at radius 2 is 1.67 bits per heavy atom. The zero-order valence-corrected chi connectivity index (χ0v) is 9.91. The first-order valence-corrected chi connectivity index (χ1v) is 5.31. The van der Waals surface area contributed by atoms with Gasteiger partial charge in [-0.3, -0.25) is 4.79 Å². The van der Waals surface area contributed by atoms with Crippen LogP contribution in [0.15, 0.2) is 18.2 Å². The van der Waals surface area contributed by atoms with E-state index < -0.39 is 29.6 Å². The van der Waals surface area contributed by atoms with Gasteiger partial charge in [0.2, 0.25) is 0 Å². The van der Waals surface area contributed by atoms with Gasteiger partial charge in [0, 0.05) is 11.6 Å². The third-order valence-electron chi connectivity index (χ3n) is 2.34. The monoisotopic (exact) mass is 257 g/mol. The van der Waals surface area contributed by atoms with Crippen LogP contribution in [0.2, 0.25) is 0 Å². The lowest BCUT2D eigenvalue weighted by Crippen LogP contribution is -2.44. The van der Waals surface area contributed by atoms with E-state index in [1.165, 1.54) is 0 Å². The molecule has 0 saturated carbocycles. The van der Waals surface area contributed by atoms with E-state index in [1.54, 1.807) is 13.8 Å². The summed E-state index contributed by atoms with van der Waals surface area (Å²) in [6, 6.07) is 1.22. The molecule has 2 N–H and O–H groups in total. The summed E-state index contributed by atoms with van der Waals surface area (Å²) < 4.78 is 25.8. The minimum absolute atomic E-state index is 0.251. The van der Waals surface area contributed by atoms with Gasteiger partial charge in [-0.05, 0) is 18.1 Å². The van der Waals surface area contributed by atoms with Gasteiger partial charge in [0.05, 0.1) is 0 Å². The van der Waals surface area contributed by atoms with Crippen LogP contribution in [-0.2, 0) is 4.79 Å². The Kier molecular flexibility index (Phi) is 4.36. The van der Waals surface area contributed by atoms with Crippen LogP contribution in [0.5, 0.6) is 0 Å². The van der Waals surface area contributed by atoms with Crippen LogP contribution in [0.4, 0.5) is 8.78 Å². The molecule has 1 rings (SSSR count). The Bertz CT molecular complexity index is 454. The smallest absolute Gasteiger partial charge is 0.326 e. The molecular formula is C12H13F2NO3. The minimum Gasteiger partial charge on any atom is -0.480 e. The highest BCUT2D eigenvalue weighted by Gasteiger charge is 2.24. The van der Waals surface area contributed by atoms with Crippen LogP contribution in [0.1, 0.15) is 24.2 Å². The number of amides is 1. The minimum atomic E-state index is -1.20.